The molecule has 0 unspecified atom stereocenters. The summed E-state index contributed by atoms with van der Waals surface area (Å²) in [5, 5.41) is 1.21. The second-order valence-electron chi connectivity index (χ2n) is 3.49. The highest BCUT2D eigenvalue weighted by molar-refractivity contribution is 5.99. The number of carbonyl (C=O) groups excluding carboxylic acids is 2. The number of ketones is 1. The van der Waals surface area contributed by atoms with Crippen molar-refractivity contribution in [2.24, 2.45) is 5.92 Å². The van der Waals surface area contributed by atoms with Gasteiger partial charge in [0.2, 0.25) is 0 Å². The van der Waals surface area contributed by atoms with Crippen LogP contribution in [0, 0.1) is 5.92 Å². The number of ether oxygens (including phenoxy) is 1. The van der Waals surface area contributed by atoms with Crippen molar-refractivity contribution < 1.29 is 19.2 Å². The molecular weight excluding hydrogens is 210 g/mol. The van der Waals surface area contributed by atoms with Crippen LogP contribution < -0.4 is 0 Å². The zero-order valence-electron chi connectivity index (χ0n) is 10.4. The van der Waals surface area contributed by atoms with Crippen LogP contribution >= 0.6 is 0 Å². The predicted octanol–water partition coefficient (Wildman–Crippen LogP) is 1.15. The van der Waals surface area contributed by atoms with Crippen LogP contribution in [0.3, 0.4) is 0 Å². The molecule has 0 bridgehead atoms. The molecule has 0 aliphatic heterocycles. The smallest absolute Gasteiger partial charge is 0.357 e. The Morgan fingerprint density at radius 1 is 1.38 bits per heavy atom. The molecular formula is C11H19NO4. The fourth-order valence-electron chi connectivity index (χ4n) is 0.883. The van der Waals surface area contributed by atoms with E-state index < -0.39 is 5.97 Å². The summed E-state index contributed by atoms with van der Waals surface area (Å²) in [5.74, 6) is -0.887. The molecule has 0 radical (unpaired) electrons. The Morgan fingerprint density at radius 3 is 2.31 bits per heavy atom. The maximum Gasteiger partial charge on any atom is 0.357 e. The van der Waals surface area contributed by atoms with Crippen LogP contribution in [-0.4, -0.2) is 37.6 Å². The molecule has 0 rings (SSSR count). The van der Waals surface area contributed by atoms with Crippen LogP contribution in [0.25, 0.3) is 0 Å². The van der Waals surface area contributed by atoms with Gasteiger partial charge in [-0.2, -0.15) is 0 Å². The van der Waals surface area contributed by atoms with E-state index >= 15 is 0 Å². The largest absolute Gasteiger partial charge is 0.461 e. The van der Waals surface area contributed by atoms with E-state index in [2.05, 4.69) is 0 Å². The average molecular weight is 229 g/mol. The van der Waals surface area contributed by atoms with Crippen molar-refractivity contribution in [1.29, 1.82) is 0 Å². The first-order valence-corrected chi connectivity index (χ1v) is 5.14. The van der Waals surface area contributed by atoms with Gasteiger partial charge in [-0.05, 0) is 6.92 Å². The maximum absolute atomic E-state index is 11.5. The summed E-state index contributed by atoms with van der Waals surface area (Å²) in [7, 11) is 2.95. The van der Waals surface area contributed by atoms with Crippen LogP contribution in [0.15, 0.2) is 11.8 Å². The first-order valence-electron chi connectivity index (χ1n) is 5.14. The zero-order valence-corrected chi connectivity index (χ0v) is 10.4. The molecule has 92 valence electrons. The predicted molar refractivity (Wildman–Crippen MR) is 59.3 cm³/mol. The minimum absolute atomic E-state index is 0.100. The van der Waals surface area contributed by atoms with Crippen molar-refractivity contribution in [1.82, 2.24) is 5.06 Å². The van der Waals surface area contributed by atoms with Crippen molar-refractivity contribution in [3.05, 3.63) is 11.8 Å². The highest BCUT2D eigenvalue weighted by atomic mass is 16.7. The van der Waals surface area contributed by atoms with Crippen LogP contribution in [0.4, 0.5) is 0 Å². The summed E-state index contributed by atoms with van der Waals surface area (Å²) in [6, 6.07) is 0. The molecule has 16 heavy (non-hydrogen) atoms. The van der Waals surface area contributed by atoms with E-state index in [0.29, 0.717) is 0 Å². The fourth-order valence-corrected chi connectivity index (χ4v) is 0.883. The molecule has 0 atom stereocenters. The van der Waals surface area contributed by atoms with E-state index in [1.54, 1.807) is 20.8 Å². The normalized spacial score (nSPS) is 11.5. The van der Waals surface area contributed by atoms with E-state index in [4.69, 9.17) is 9.57 Å². The van der Waals surface area contributed by atoms with Crippen molar-refractivity contribution >= 4 is 11.8 Å². The third kappa shape index (κ3) is 4.44. The standard InChI is InChI=1S/C11H19NO4/c1-6-16-11(14)9(12(4)15-5)7-10(13)8(2)3/h7-8H,6H2,1-5H3/b9-7-. The Bertz CT molecular complexity index is 284. The van der Waals surface area contributed by atoms with E-state index in [9.17, 15) is 9.59 Å². The van der Waals surface area contributed by atoms with Gasteiger partial charge in [-0.1, -0.05) is 13.8 Å². The minimum atomic E-state index is -0.569. The lowest BCUT2D eigenvalue weighted by Crippen LogP contribution is -2.25. The topological polar surface area (TPSA) is 55.8 Å². The van der Waals surface area contributed by atoms with Gasteiger partial charge in [-0.3, -0.25) is 14.7 Å². The molecule has 0 fully saturated rings. The average Bonchev–Trinajstić information content (AvgIpc) is 2.24. The number of carbonyl (C=O) groups is 2. The summed E-state index contributed by atoms with van der Waals surface area (Å²) < 4.78 is 4.83. The number of allylic oxidation sites excluding steroid dienone is 1. The van der Waals surface area contributed by atoms with E-state index in [1.165, 1.54) is 25.3 Å². The third-order valence-corrected chi connectivity index (χ3v) is 1.95. The lowest BCUT2D eigenvalue weighted by atomic mass is 10.1. The summed E-state index contributed by atoms with van der Waals surface area (Å²) >= 11 is 0. The van der Waals surface area contributed by atoms with Gasteiger partial charge in [0.05, 0.1) is 13.7 Å². The molecule has 0 saturated carbocycles. The highest BCUT2D eigenvalue weighted by Crippen LogP contribution is 2.07. The Morgan fingerprint density at radius 2 is 1.94 bits per heavy atom. The SMILES string of the molecule is CCOC(=O)/C(=C/C(=O)C(C)C)N(C)OC. The lowest BCUT2D eigenvalue weighted by Gasteiger charge is -2.18. The molecule has 0 aliphatic carbocycles. The van der Waals surface area contributed by atoms with Gasteiger partial charge in [0.15, 0.2) is 11.5 Å². The van der Waals surface area contributed by atoms with Crippen LogP contribution in [0.2, 0.25) is 0 Å². The van der Waals surface area contributed by atoms with Crippen LogP contribution in [-0.2, 0) is 19.2 Å². The van der Waals surface area contributed by atoms with Crippen molar-refractivity contribution in [3.63, 3.8) is 0 Å². The van der Waals surface area contributed by atoms with Gasteiger partial charge < -0.3 is 4.74 Å². The van der Waals surface area contributed by atoms with Gasteiger partial charge in [0.1, 0.15) is 0 Å². The maximum atomic E-state index is 11.5. The number of likely N-dealkylation sites (N-methyl/N-ethyl adjacent to an activating group) is 1. The first kappa shape index (κ1) is 14.6. The summed E-state index contributed by atoms with van der Waals surface area (Å²) in [6.07, 6.45) is 1.24. The number of hydrogen-bond donors (Lipinski definition) is 0. The van der Waals surface area contributed by atoms with Gasteiger partial charge >= 0.3 is 5.97 Å². The van der Waals surface area contributed by atoms with E-state index in [1.807, 2.05) is 0 Å². The molecule has 0 aromatic rings. The molecule has 0 heterocycles. The quantitative estimate of drug-likeness (QED) is 0.388. The van der Waals surface area contributed by atoms with Crippen molar-refractivity contribution in [2.75, 3.05) is 20.8 Å². The van der Waals surface area contributed by atoms with E-state index in [0.717, 1.165) is 0 Å². The van der Waals surface area contributed by atoms with Crippen LogP contribution in [0.1, 0.15) is 20.8 Å². The number of rotatable bonds is 6. The monoisotopic (exact) mass is 229 g/mol. The van der Waals surface area contributed by atoms with Gasteiger partial charge in [0.25, 0.3) is 0 Å². The summed E-state index contributed by atoms with van der Waals surface area (Å²) in [5.41, 5.74) is 0.100. The molecule has 0 aliphatic rings. The fraction of sp³-hybridized carbons (Fsp3) is 0.636. The Kier molecular flexibility index (Phi) is 6.41. The number of hydroxylamine groups is 2. The van der Waals surface area contributed by atoms with Gasteiger partial charge in [0, 0.05) is 19.0 Å². The molecule has 0 aromatic heterocycles. The lowest BCUT2D eigenvalue weighted by molar-refractivity contribution is -0.150. The second kappa shape index (κ2) is 7.00. The van der Waals surface area contributed by atoms with Crippen LogP contribution in [0.5, 0.6) is 0 Å². The number of esters is 1. The van der Waals surface area contributed by atoms with Crippen molar-refractivity contribution in [3.8, 4) is 0 Å². The molecule has 0 N–H and O–H groups in total. The summed E-state index contributed by atoms with van der Waals surface area (Å²) in [6.45, 7) is 5.47. The first-order chi connectivity index (χ1) is 7.43. The van der Waals surface area contributed by atoms with Gasteiger partial charge in [-0.25, -0.2) is 4.79 Å². The molecule has 0 saturated heterocycles. The zero-order chi connectivity index (χ0) is 12.7. The molecule has 0 aromatic carbocycles. The van der Waals surface area contributed by atoms with Gasteiger partial charge in [-0.15, -0.1) is 0 Å². The number of nitrogens with zero attached hydrogens (tertiary/aromatic N) is 1. The Hall–Kier alpha value is -1.36. The Balaban J connectivity index is 4.93. The Labute approximate surface area is 96.0 Å². The molecule has 0 amide bonds. The van der Waals surface area contributed by atoms with Crippen molar-refractivity contribution in [2.45, 2.75) is 20.8 Å². The highest BCUT2D eigenvalue weighted by Gasteiger charge is 2.18. The molecule has 5 heteroatoms. The molecule has 0 spiro atoms. The second-order valence-corrected chi connectivity index (χ2v) is 3.49. The number of hydrogen-bond acceptors (Lipinski definition) is 5. The van der Waals surface area contributed by atoms with E-state index in [-0.39, 0.29) is 24.0 Å². The molecule has 5 nitrogen and oxygen atoms in total. The summed E-state index contributed by atoms with van der Waals surface area (Å²) in [4.78, 5) is 27.9. The third-order valence-electron chi connectivity index (χ3n) is 1.95. The minimum Gasteiger partial charge on any atom is -0.461 e.